The molecule has 2 rings (SSSR count). The highest BCUT2D eigenvalue weighted by atomic mass is 35.5. The number of nitrogens with zero attached hydrogens (tertiary/aromatic N) is 2. The van der Waals surface area contributed by atoms with E-state index in [1.807, 2.05) is 12.1 Å². The maximum absolute atomic E-state index is 12.0. The third-order valence-corrected chi connectivity index (χ3v) is 4.74. The van der Waals surface area contributed by atoms with E-state index in [9.17, 15) is 4.79 Å². The van der Waals surface area contributed by atoms with Crippen LogP contribution >= 0.6 is 22.9 Å². The second-order valence-corrected chi connectivity index (χ2v) is 6.65. The number of halogens is 1. The summed E-state index contributed by atoms with van der Waals surface area (Å²) in [5, 5.41) is 6.61. The number of thiazole rings is 1. The zero-order chi connectivity index (χ0) is 16.7. The zero-order valence-corrected chi connectivity index (χ0v) is 15.1. The smallest absolute Gasteiger partial charge is 0.224 e. The Balaban J connectivity index is 1.80. The summed E-state index contributed by atoms with van der Waals surface area (Å²) in [7, 11) is 0. The lowest BCUT2D eigenvalue weighted by Crippen LogP contribution is -2.24. The Kier molecular flexibility index (Phi) is 7.02. The first kappa shape index (κ1) is 17.9. The minimum Gasteiger partial charge on any atom is -0.349 e. The third-order valence-electron chi connectivity index (χ3n) is 3.59. The van der Waals surface area contributed by atoms with E-state index in [2.05, 4.69) is 34.4 Å². The Labute approximate surface area is 146 Å². The van der Waals surface area contributed by atoms with Crippen molar-refractivity contribution in [1.82, 2.24) is 15.2 Å². The average molecular weight is 352 g/mol. The Morgan fingerprint density at radius 2 is 1.96 bits per heavy atom. The maximum atomic E-state index is 12.0. The van der Waals surface area contributed by atoms with Gasteiger partial charge in [0.05, 0.1) is 18.7 Å². The number of hydrogen-bond acceptors (Lipinski definition) is 4. The van der Waals surface area contributed by atoms with Gasteiger partial charge in [-0.15, -0.1) is 11.3 Å². The molecule has 0 radical (unpaired) electrons. The van der Waals surface area contributed by atoms with Gasteiger partial charge in [0.25, 0.3) is 0 Å². The molecule has 4 nitrogen and oxygen atoms in total. The van der Waals surface area contributed by atoms with E-state index in [1.54, 1.807) is 23.5 Å². The fourth-order valence-corrected chi connectivity index (χ4v) is 3.05. The minimum atomic E-state index is -0.00665. The first-order chi connectivity index (χ1) is 11.1. The van der Waals surface area contributed by atoms with E-state index in [0.29, 0.717) is 18.0 Å². The molecule has 1 amide bonds. The van der Waals surface area contributed by atoms with Gasteiger partial charge >= 0.3 is 0 Å². The molecule has 0 unspecified atom stereocenters. The number of carbonyl (C=O) groups is 1. The summed E-state index contributed by atoms with van der Waals surface area (Å²) in [6, 6.07) is 7.33. The van der Waals surface area contributed by atoms with Crippen LogP contribution in [0.15, 0.2) is 29.6 Å². The normalized spacial score (nSPS) is 11.0. The summed E-state index contributed by atoms with van der Waals surface area (Å²) in [6.07, 6.45) is 0.356. The van der Waals surface area contributed by atoms with Crippen molar-refractivity contribution in [1.29, 1.82) is 0 Å². The predicted molar refractivity (Wildman–Crippen MR) is 95.7 cm³/mol. The van der Waals surface area contributed by atoms with Crippen LogP contribution < -0.4 is 5.32 Å². The van der Waals surface area contributed by atoms with Crippen LogP contribution in [0.4, 0.5) is 0 Å². The van der Waals surface area contributed by atoms with Crippen molar-refractivity contribution in [3.63, 3.8) is 0 Å². The fourth-order valence-electron chi connectivity index (χ4n) is 2.20. The van der Waals surface area contributed by atoms with E-state index >= 15 is 0 Å². The number of benzene rings is 1. The molecule has 0 fully saturated rings. The van der Waals surface area contributed by atoms with Crippen molar-refractivity contribution in [2.24, 2.45) is 0 Å². The molecule has 0 saturated carbocycles. The van der Waals surface area contributed by atoms with Gasteiger partial charge in [-0.05, 0) is 30.8 Å². The minimum absolute atomic E-state index is 0.00665. The topological polar surface area (TPSA) is 45.2 Å². The molecule has 23 heavy (non-hydrogen) atoms. The average Bonchev–Trinajstić information content (AvgIpc) is 3.00. The summed E-state index contributed by atoms with van der Waals surface area (Å²) in [5.74, 6) is -0.00665. The van der Waals surface area contributed by atoms with Crippen molar-refractivity contribution in [3.8, 4) is 0 Å². The third kappa shape index (κ3) is 5.94. The van der Waals surface area contributed by atoms with Crippen LogP contribution in [0.5, 0.6) is 0 Å². The zero-order valence-electron chi connectivity index (χ0n) is 13.5. The van der Waals surface area contributed by atoms with Gasteiger partial charge < -0.3 is 5.32 Å². The summed E-state index contributed by atoms with van der Waals surface area (Å²) >= 11 is 7.43. The monoisotopic (exact) mass is 351 g/mol. The lowest BCUT2D eigenvalue weighted by Gasteiger charge is -2.15. The Morgan fingerprint density at radius 1 is 1.26 bits per heavy atom. The van der Waals surface area contributed by atoms with Crippen LogP contribution in [0.2, 0.25) is 5.02 Å². The van der Waals surface area contributed by atoms with Gasteiger partial charge in [0.15, 0.2) is 0 Å². The lowest BCUT2D eigenvalue weighted by atomic mass is 10.1. The van der Waals surface area contributed by atoms with Crippen LogP contribution in [0.3, 0.4) is 0 Å². The van der Waals surface area contributed by atoms with Gasteiger partial charge in [-0.2, -0.15) is 0 Å². The van der Waals surface area contributed by atoms with E-state index in [0.717, 1.165) is 35.9 Å². The SMILES string of the molecule is CCN(CC)Cc1csc(CNC(=O)Cc2ccc(Cl)cc2)n1. The molecule has 0 atom stereocenters. The molecule has 6 heteroatoms. The van der Waals surface area contributed by atoms with Gasteiger partial charge in [-0.1, -0.05) is 37.6 Å². The molecular weight excluding hydrogens is 330 g/mol. The number of nitrogens with one attached hydrogen (secondary N) is 1. The van der Waals surface area contributed by atoms with Crippen molar-refractivity contribution >= 4 is 28.8 Å². The summed E-state index contributed by atoms with van der Waals surface area (Å²) < 4.78 is 0. The van der Waals surface area contributed by atoms with Gasteiger partial charge in [-0.25, -0.2) is 4.98 Å². The molecule has 124 valence electrons. The van der Waals surface area contributed by atoms with Crippen LogP contribution in [0.25, 0.3) is 0 Å². The number of carbonyl (C=O) groups excluding carboxylic acids is 1. The summed E-state index contributed by atoms with van der Waals surface area (Å²) in [4.78, 5) is 18.9. The Morgan fingerprint density at radius 3 is 2.61 bits per heavy atom. The van der Waals surface area contributed by atoms with Crippen molar-refractivity contribution < 1.29 is 4.79 Å². The van der Waals surface area contributed by atoms with Crippen LogP contribution in [-0.2, 0) is 24.3 Å². The quantitative estimate of drug-likeness (QED) is 0.791. The molecule has 1 aromatic heterocycles. The highest BCUT2D eigenvalue weighted by molar-refractivity contribution is 7.09. The molecule has 1 heterocycles. The molecule has 2 aromatic rings. The fraction of sp³-hybridized carbons (Fsp3) is 0.412. The molecule has 0 aliphatic heterocycles. The molecule has 0 aliphatic carbocycles. The van der Waals surface area contributed by atoms with Crippen LogP contribution in [0.1, 0.15) is 30.1 Å². The molecule has 0 aliphatic rings. The van der Waals surface area contributed by atoms with Crippen LogP contribution in [-0.4, -0.2) is 28.9 Å². The molecule has 0 saturated heterocycles. The van der Waals surface area contributed by atoms with Crippen molar-refractivity contribution in [2.75, 3.05) is 13.1 Å². The number of amides is 1. The highest BCUT2D eigenvalue weighted by Crippen LogP contribution is 2.12. The first-order valence-electron chi connectivity index (χ1n) is 7.77. The summed E-state index contributed by atoms with van der Waals surface area (Å²) in [6.45, 7) is 7.67. The lowest BCUT2D eigenvalue weighted by molar-refractivity contribution is -0.120. The number of rotatable bonds is 8. The second-order valence-electron chi connectivity index (χ2n) is 5.27. The molecule has 1 N–H and O–H groups in total. The van der Waals surface area contributed by atoms with Gasteiger partial charge in [-0.3, -0.25) is 9.69 Å². The predicted octanol–water partition coefficient (Wildman–Crippen LogP) is 3.50. The Bertz CT molecular complexity index is 623. The van der Waals surface area contributed by atoms with E-state index < -0.39 is 0 Å². The van der Waals surface area contributed by atoms with Gasteiger partial charge in [0.2, 0.25) is 5.91 Å². The molecule has 1 aromatic carbocycles. The van der Waals surface area contributed by atoms with E-state index in [-0.39, 0.29) is 5.91 Å². The maximum Gasteiger partial charge on any atom is 0.224 e. The van der Waals surface area contributed by atoms with Crippen molar-refractivity contribution in [3.05, 3.63) is 50.9 Å². The standard InChI is InChI=1S/C17H22ClN3OS/c1-3-21(4-2)11-15-12-23-17(20-15)10-19-16(22)9-13-5-7-14(18)8-6-13/h5-8,12H,3-4,9-11H2,1-2H3,(H,19,22). The van der Waals surface area contributed by atoms with Gasteiger partial charge in [0.1, 0.15) is 5.01 Å². The molecular formula is C17H22ClN3OS. The largest absolute Gasteiger partial charge is 0.349 e. The Hall–Kier alpha value is -1.43. The van der Waals surface area contributed by atoms with Gasteiger partial charge in [0, 0.05) is 16.9 Å². The molecule has 0 spiro atoms. The second kappa shape index (κ2) is 9.01. The number of hydrogen-bond donors (Lipinski definition) is 1. The number of aromatic nitrogens is 1. The van der Waals surface area contributed by atoms with Crippen LogP contribution in [0, 0.1) is 0 Å². The van der Waals surface area contributed by atoms with E-state index in [4.69, 9.17) is 11.6 Å². The summed E-state index contributed by atoms with van der Waals surface area (Å²) in [5.41, 5.74) is 2.02. The first-order valence-corrected chi connectivity index (χ1v) is 9.03. The molecule has 0 bridgehead atoms. The highest BCUT2D eigenvalue weighted by Gasteiger charge is 2.08. The van der Waals surface area contributed by atoms with E-state index in [1.165, 1.54) is 0 Å². The van der Waals surface area contributed by atoms with Crippen molar-refractivity contribution in [2.45, 2.75) is 33.4 Å².